The Hall–Kier alpha value is -5.98. The second-order valence-corrected chi connectivity index (χ2v) is 21.4. The van der Waals surface area contributed by atoms with Gasteiger partial charge in [-0.2, -0.15) is 0 Å². The van der Waals surface area contributed by atoms with E-state index in [1.54, 1.807) is 47.9 Å². The molecule has 3 unspecified atom stereocenters. The zero-order valence-corrected chi connectivity index (χ0v) is 47.2. The molecule has 0 spiro atoms. The minimum absolute atomic E-state index is 0.0317. The fourth-order valence-electron chi connectivity index (χ4n) is 10.7. The molecule has 0 aliphatic carbocycles. The summed E-state index contributed by atoms with van der Waals surface area (Å²) in [6, 6.07) is 13.2. The van der Waals surface area contributed by atoms with E-state index in [9.17, 15) is 43.5 Å². The number of ether oxygens (including phenoxy) is 2. The lowest BCUT2D eigenvalue weighted by atomic mass is 9.89. The standard InChI is InChI=1S/C58H87N7O11/c1-13-39(6)53(46(75-11)36-50(69)64-33-20-23-45(64)54(76-12)40(7)55(70)59-44(58(73)74)35-42-21-16-14-17-22-42)63(10)57(72)51(37(2)3)60-56(71)52(38(4)5)61(8)34-31-41-25-27-43(28-26-41)62(9)47(66)24-18-15-19-32-65-48(67)29-30-49(65)68/h14,16-17,21-22,25-30,37-40,44-46,51-54H,13,15,18-20,23-24,31-36H2,1-12H3,(H,59,70)(H,60,71)(H,73,74)/t39-,40+,44-,45?,46+,51?,52?,53-,54+/m0/s1. The summed E-state index contributed by atoms with van der Waals surface area (Å²) in [5.41, 5.74) is 2.55. The molecule has 1 saturated heterocycles. The van der Waals surface area contributed by atoms with Gasteiger partial charge in [-0.3, -0.25) is 43.4 Å². The number of hydrogen-bond donors (Lipinski definition) is 3. The van der Waals surface area contributed by atoms with Crippen LogP contribution in [-0.4, -0.2) is 169 Å². The molecule has 2 aliphatic heterocycles. The number of nitrogens with one attached hydrogen (secondary N) is 2. The Labute approximate surface area is 451 Å². The van der Waals surface area contributed by atoms with Crippen LogP contribution in [0.3, 0.4) is 0 Å². The number of carbonyl (C=O) groups excluding carboxylic acids is 7. The van der Waals surface area contributed by atoms with Crippen LogP contribution in [0.5, 0.6) is 0 Å². The second kappa shape index (κ2) is 30.1. The Kier molecular flexibility index (Phi) is 24.8. The maximum Gasteiger partial charge on any atom is 0.326 e. The van der Waals surface area contributed by atoms with Crippen molar-refractivity contribution < 1.29 is 52.9 Å². The van der Waals surface area contributed by atoms with Gasteiger partial charge in [0.25, 0.3) is 11.8 Å². The number of likely N-dealkylation sites (tertiary alicyclic amines) is 1. The van der Waals surface area contributed by atoms with Gasteiger partial charge < -0.3 is 39.9 Å². The first-order valence-corrected chi connectivity index (χ1v) is 27.1. The van der Waals surface area contributed by atoms with E-state index in [0.717, 1.165) is 16.8 Å². The molecule has 2 aromatic rings. The van der Waals surface area contributed by atoms with E-state index in [2.05, 4.69) is 10.6 Å². The largest absolute Gasteiger partial charge is 0.480 e. The molecule has 0 radical (unpaired) electrons. The molecule has 2 aliphatic rings. The van der Waals surface area contributed by atoms with Crippen molar-refractivity contribution in [1.29, 1.82) is 0 Å². The molecular weight excluding hydrogens is 971 g/mol. The van der Waals surface area contributed by atoms with Crippen molar-refractivity contribution in [3.63, 3.8) is 0 Å². The smallest absolute Gasteiger partial charge is 0.326 e. The first-order chi connectivity index (χ1) is 36.1. The average molecular weight is 1060 g/mol. The third-order valence-electron chi connectivity index (χ3n) is 15.4. The number of likely N-dealkylation sites (N-methyl/N-ethyl adjacent to an activating group) is 2. The minimum atomic E-state index is -1.16. The lowest BCUT2D eigenvalue weighted by Crippen LogP contribution is -2.60. The third kappa shape index (κ3) is 17.0. The van der Waals surface area contributed by atoms with Gasteiger partial charge in [0.2, 0.25) is 29.5 Å². The lowest BCUT2D eigenvalue weighted by molar-refractivity contribution is -0.148. The molecule has 0 bridgehead atoms. The van der Waals surface area contributed by atoms with Crippen molar-refractivity contribution in [3.05, 3.63) is 77.9 Å². The first kappa shape index (κ1) is 62.6. The molecule has 18 heteroatoms. The number of imide groups is 1. The van der Waals surface area contributed by atoms with Gasteiger partial charge in [-0.15, -0.1) is 0 Å². The highest BCUT2D eigenvalue weighted by atomic mass is 16.5. The zero-order chi connectivity index (χ0) is 56.4. The quantitative estimate of drug-likeness (QED) is 0.0630. The zero-order valence-electron chi connectivity index (χ0n) is 47.2. The average Bonchev–Trinajstić information content (AvgIpc) is 4.01. The van der Waals surface area contributed by atoms with Gasteiger partial charge in [0.05, 0.1) is 42.7 Å². The molecule has 0 saturated carbocycles. The fraction of sp³-hybridized carbons (Fsp3) is 0.621. The molecule has 4 rings (SSSR count). The molecule has 18 nitrogen and oxygen atoms in total. The van der Waals surface area contributed by atoms with Crippen LogP contribution in [0.15, 0.2) is 66.7 Å². The molecule has 0 aromatic heterocycles. The predicted octanol–water partition coefficient (Wildman–Crippen LogP) is 5.51. The number of benzene rings is 2. The Balaban J connectivity index is 1.37. The van der Waals surface area contributed by atoms with Crippen molar-refractivity contribution in [3.8, 4) is 0 Å². The van der Waals surface area contributed by atoms with Crippen LogP contribution in [0.25, 0.3) is 0 Å². The van der Waals surface area contributed by atoms with E-state index in [-0.39, 0.29) is 66.0 Å². The second-order valence-electron chi connectivity index (χ2n) is 21.4. The fourth-order valence-corrected chi connectivity index (χ4v) is 10.7. The summed E-state index contributed by atoms with van der Waals surface area (Å²) in [5, 5.41) is 15.8. The van der Waals surface area contributed by atoms with Crippen molar-refractivity contribution in [2.45, 2.75) is 155 Å². The van der Waals surface area contributed by atoms with Gasteiger partial charge >= 0.3 is 5.97 Å². The highest BCUT2D eigenvalue weighted by molar-refractivity contribution is 6.12. The number of nitrogens with zero attached hydrogens (tertiary/aromatic N) is 5. The van der Waals surface area contributed by atoms with Crippen LogP contribution in [0.4, 0.5) is 5.69 Å². The van der Waals surface area contributed by atoms with Crippen molar-refractivity contribution >= 4 is 53.0 Å². The summed E-state index contributed by atoms with van der Waals surface area (Å²) in [7, 11) is 8.36. The van der Waals surface area contributed by atoms with Crippen molar-refractivity contribution in [1.82, 2.24) is 30.2 Å². The van der Waals surface area contributed by atoms with E-state index in [4.69, 9.17) is 9.47 Å². The highest BCUT2D eigenvalue weighted by Crippen LogP contribution is 2.30. The predicted molar refractivity (Wildman–Crippen MR) is 292 cm³/mol. The topological polar surface area (TPSA) is 216 Å². The van der Waals surface area contributed by atoms with Crippen LogP contribution in [-0.2, 0) is 60.7 Å². The van der Waals surface area contributed by atoms with E-state index >= 15 is 0 Å². The molecule has 7 amide bonds. The summed E-state index contributed by atoms with van der Waals surface area (Å²) in [6.45, 7) is 14.8. The Morgan fingerprint density at radius 2 is 1.43 bits per heavy atom. The number of carboxylic acids is 1. The molecule has 3 N–H and O–H groups in total. The number of carboxylic acid groups (broad SMARTS) is 1. The molecule has 76 heavy (non-hydrogen) atoms. The van der Waals surface area contributed by atoms with Crippen LogP contribution in [0.2, 0.25) is 0 Å². The van der Waals surface area contributed by atoms with Gasteiger partial charge in [-0.25, -0.2) is 4.79 Å². The number of hydrogen-bond acceptors (Lipinski definition) is 11. The van der Waals surface area contributed by atoms with Gasteiger partial charge in [-0.1, -0.05) is 104 Å². The minimum Gasteiger partial charge on any atom is -0.480 e. The van der Waals surface area contributed by atoms with Crippen molar-refractivity contribution in [2.75, 3.05) is 59.9 Å². The molecule has 2 aromatic carbocycles. The maximum atomic E-state index is 14.7. The summed E-state index contributed by atoms with van der Waals surface area (Å²) < 4.78 is 12.0. The lowest BCUT2D eigenvalue weighted by Gasteiger charge is -2.41. The number of unbranched alkanes of at least 4 members (excludes halogenated alkanes) is 2. The van der Waals surface area contributed by atoms with Gasteiger partial charge in [-0.05, 0) is 80.2 Å². The summed E-state index contributed by atoms with van der Waals surface area (Å²) >= 11 is 0. The Morgan fingerprint density at radius 3 is 2.00 bits per heavy atom. The number of rotatable bonds is 31. The van der Waals surface area contributed by atoms with Crippen LogP contribution in [0.1, 0.15) is 111 Å². The molecule has 9 atom stereocenters. The monoisotopic (exact) mass is 1060 g/mol. The van der Waals surface area contributed by atoms with Crippen molar-refractivity contribution in [2.24, 2.45) is 23.7 Å². The van der Waals surface area contributed by atoms with Crippen LogP contribution in [0, 0.1) is 23.7 Å². The highest BCUT2D eigenvalue weighted by Gasteiger charge is 2.44. The number of amides is 7. The van der Waals surface area contributed by atoms with Crippen LogP contribution < -0.4 is 15.5 Å². The van der Waals surface area contributed by atoms with Gasteiger partial charge in [0.15, 0.2) is 0 Å². The Bertz CT molecular complexity index is 2270. The van der Waals surface area contributed by atoms with E-state index < -0.39 is 60.2 Å². The van der Waals surface area contributed by atoms with Crippen LogP contribution >= 0.6 is 0 Å². The summed E-state index contributed by atoms with van der Waals surface area (Å²) in [5.74, 6) is -4.34. The molecule has 2 heterocycles. The van der Waals surface area contributed by atoms with E-state index in [0.29, 0.717) is 71.0 Å². The number of aliphatic carboxylic acids is 1. The molecule has 1 fully saturated rings. The third-order valence-corrected chi connectivity index (χ3v) is 15.4. The first-order valence-electron chi connectivity index (χ1n) is 27.1. The van der Waals surface area contributed by atoms with Gasteiger partial charge in [0.1, 0.15) is 12.1 Å². The normalized spacial score (nSPS) is 17.8. The summed E-state index contributed by atoms with van der Waals surface area (Å²) in [4.78, 5) is 114. The summed E-state index contributed by atoms with van der Waals surface area (Å²) in [6.07, 6.45) is 6.04. The van der Waals surface area contributed by atoms with E-state index in [1.807, 2.05) is 96.0 Å². The van der Waals surface area contributed by atoms with E-state index in [1.165, 1.54) is 31.3 Å². The number of methoxy groups -OCH3 is 2. The van der Waals surface area contributed by atoms with Gasteiger partial charge in [0, 0.05) is 78.6 Å². The SMILES string of the molecule is CC[C@H](C)[C@@H]([C@@H](CC(=O)N1CCCC1[C@H](OC)[C@@H](C)C(=O)N[C@@H](Cc1ccccc1)C(=O)O)OC)N(C)C(=O)C(NC(=O)C(C(C)C)N(C)CCc1ccc(N(C)C(=O)CCCCCN2C(=O)C=CC2=O)cc1)C(C)C. The maximum absolute atomic E-state index is 14.7. The number of anilines is 1. The molecular formula is C58H87N7O11. The Morgan fingerprint density at radius 1 is 0.789 bits per heavy atom. The number of carbonyl (C=O) groups is 8. The molecule has 420 valence electrons.